The number of hydrogen-bond donors (Lipinski definition) is 6. The van der Waals surface area contributed by atoms with Crippen LogP contribution in [-0.4, -0.2) is 82.1 Å². The zero-order valence-electron chi connectivity index (χ0n) is 38.5. The maximum Gasteiger partial charge on any atom is 0.407 e. The van der Waals surface area contributed by atoms with Crippen LogP contribution >= 0.6 is 11.6 Å². The third kappa shape index (κ3) is 8.58. The molecular weight excluding hydrogens is 906 g/mol. The summed E-state index contributed by atoms with van der Waals surface area (Å²) in [6.45, 7) is 6.26. The van der Waals surface area contributed by atoms with Crippen molar-refractivity contribution in [1.82, 2.24) is 36.1 Å². The van der Waals surface area contributed by atoms with Gasteiger partial charge in [-0.15, -0.1) is 0 Å². The van der Waals surface area contributed by atoms with E-state index in [1.54, 1.807) is 23.6 Å². The van der Waals surface area contributed by atoms with Crippen molar-refractivity contribution in [2.75, 3.05) is 19.7 Å². The van der Waals surface area contributed by atoms with Crippen molar-refractivity contribution in [3.63, 3.8) is 0 Å². The van der Waals surface area contributed by atoms with Crippen molar-refractivity contribution < 1.29 is 43.3 Å². The molecule has 3 aromatic carbocycles. The molecule has 0 spiro atoms. The van der Waals surface area contributed by atoms with Crippen LogP contribution < -0.4 is 32.1 Å². The van der Waals surface area contributed by atoms with Gasteiger partial charge >= 0.3 is 12.1 Å². The number of benzene rings is 3. The van der Waals surface area contributed by atoms with E-state index >= 15 is 0 Å². The second kappa shape index (κ2) is 18.8. The van der Waals surface area contributed by atoms with Gasteiger partial charge in [0, 0.05) is 40.4 Å². The number of nitrogens with zero attached hydrogens (tertiary/aromatic N) is 2. The molecule has 2 aliphatic heterocycles. The highest BCUT2D eigenvalue weighted by atomic mass is 35.5. The first-order valence-electron chi connectivity index (χ1n) is 23.2. The molecular formula is C51H52ClN7O10. The third-order valence-corrected chi connectivity index (χ3v) is 14.3. The summed E-state index contributed by atoms with van der Waals surface area (Å²) >= 11 is 6.71. The van der Waals surface area contributed by atoms with Gasteiger partial charge in [-0.25, -0.2) is 14.6 Å². The van der Waals surface area contributed by atoms with Gasteiger partial charge in [0.1, 0.15) is 25.3 Å². The maximum atomic E-state index is 14.0. The lowest BCUT2D eigenvalue weighted by molar-refractivity contribution is -0.172. The van der Waals surface area contributed by atoms with Crippen molar-refractivity contribution >= 4 is 58.2 Å². The SMILES string of the molecule is CC[C@@]1(O)C(=O)OCc2c1cc1n(c2=O)Cc2c-1nc1cc(Cl)c(C)c3c1c2[C@@H](NC(=O)CCCNC(=O)CNC(=O)[C@H](C)NC(=O)[C@H](C)NC(=O)OCC1c2ccccc2-c2ccccc21)CC3. The highest BCUT2D eigenvalue weighted by Crippen LogP contribution is 2.47. The Morgan fingerprint density at radius 3 is 2.33 bits per heavy atom. The normalized spacial score (nSPS) is 18.1. The number of pyridine rings is 2. The number of amides is 5. The fraction of sp³-hybridized carbons (Fsp3) is 0.373. The van der Waals surface area contributed by atoms with Gasteiger partial charge in [0.15, 0.2) is 5.60 Å². The summed E-state index contributed by atoms with van der Waals surface area (Å²) in [5, 5.41) is 26.2. The van der Waals surface area contributed by atoms with E-state index in [9.17, 15) is 38.7 Å². The number of fused-ring (bicyclic) bond motifs is 8. The van der Waals surface area contributed by atoms with Crippen molar-refractivity contribution in [2.24, 2.45) is 0 Å². The number of cyclic esters (lactones) is 1. The molecule has 0 saturated carbocycles. The number of aromatic nitrogens is 2. The lowest BCUT2D eigenvalue weighted by Gasteiger charge is -2.31. The zero-order chi connectivity index (χ0) is 48.9. The number of hydrogen-bond acceptors (Lipinski definition) is 11. The number of carbonyl (C=O) groups excluding carboxylic acids is 6. The highest BCUT2D eigenvalue weighted by molar-refractivity contribution is 6.32. The van der Waals surface area contributed by atoms with E-state index in [1.807, 2.05) is 55.5 Å². The summed E-state index contributed by atoms with van der Waals surface area (Å²) in [6, 6.07) is 16.8. The van der Waals surface area contributed by atoms with E-state index in [1.165, 1.54) is 13.8 Å². The monoisotopic (exact) mass is 957 g/mol. The Labute approximate surface area is 401 Å². The van der Waals surface area contributed by atoms with Gasteiger partial charge in [0.2, 0.25) is 23.6 Å². The molecule has 4 atom stereocenters. The highest BCUT2D eigenvalue weighted by Gasteiger charge is 2.46. The Balaban J connectivity index is 0.751. The number of alkyl carbamates (subject to hydrolysis) is 1. The summed E-state index contributed by atoms with van der Waals surface area (Å²) in [6.07, 6.45) is 0.766. The minimum Gasteiger partial charge on any atom is -0.458 e. The van der Waals surface area contributed by atoms with Crippen LogP contribution in [0.4, 0.5) is 4.79 Å². The van der Waals surface area contributed by atoms with Crippen LogP contribution in [-0.2, 0) is 58.6 Å². The molecule has 69 heavy (non-hydrogen) atoms. The van der Waals surface area contributed by atoms with Gasteiger partial charge in [0.25, 0.3) is 5.56 Å². The Morgan fingerprint density at radius 2 is 1.62 bits per heavy atom. The van der Waals surface area contributed by atoms with E-state index in [-0.39, 0.29) is 68.6 Å². The minimum atomic E-state index is -1.98. The number of halogens is 1. The molecule has 0 unspecified atom stereocenters. The first kappa shape index (κ1) is 47.0. The van der Waals surface area contributed by atoms with Crippen LogP contribution in [0.5, 0.6) is 0 Å². The molecule has 358 valence electrons. The fourth-order valence-corrected chi connectivity index (χ4v) is 10.3. The number of rotatable bonds is 14. The predicted molar refractivity (Wildman–Crippen MR) is 254 cm³/mol. The number of ether oxygens (including phenoxy) is 2. The van der Waals surface area contributed by atoms with Crippen molar-refractivity contribution in [3.8, 4) is 22.5 Å². The van der Waals surface area contributed by atoms with E-state index in [2.05, 4.69) is 26.6 Å². The standard InChI is InChI=1S/C51H52ClN7O10/c1-5-51(67)36-19-40-45-33(22-59(40)48(64)35(36)24-68-49(51)65)44-38(17-16-28-25(2)37(52)20-39(58-45)43(28)44)57-41(60)15-10-18-53-42(61)21-54-46(62)26(3)55-47(63)27(4)56-50(66)69-23-34-31-13-8-6-11-29(31)30-12-7-9-14-32(30)34/h6-9,11-14,19-20,26-27,34,38,67H,5,10,15-18,21-24H2,1-4H3,(H,53,61)(H,54,62)(H,55,63)(H,56,66)(H,57,60)/t26-,27-,38-,51-/m0/s1. The molecule has 2 aliphatic carbocycles. The molecule has 18 heteroatoms. The van der Waals surface area contributed by atoms with E-state index in [0.29, 0.717) is 41.2 Å². The molecule has 2 aromatic heterocycles. The predicted octanol–water partition coefficient (Wildman–Crippen LogP) is 4.59. The Morgan fingerprint density at radius 1 is 0.928 bits per heavy atom. The van der Waals surface area contributed by atoms with E-state index in [4.69, 9.17) is 26.1 Å². The second-order valence-electron chi connectivity index (χ2n) is 18.1. The van der Waals surface area contributed by atoms with Crippen molar-refractivity contribution in [3.05, 3.63) is 121 Å². The largest absolute Gasteiger partial charge is 0.458 e. The molecule has 5 aromatic rings. The first-order valence-corrected chi connectivity index (χ1v) is 23.5. The summed E-state index contributed by atoms with van der Waals surface area (Å²) in [5.74, 6) is -2.95. The zero-order valence-corrected chi connectivity index (χ0v) is 39.3. The fourth-order valence-electron chi connectivity index (χ4n) is 10.1. The molecule has 0 saturated heterocycles. The van der Waals surface area contributed by atoms with Crippen LogP contribution in [0.1, 0.15) is 103 Å². The Hall–Kier alpha value is -7.11. The quantitative estimate of drug-likeness (QED) is 0.0653. The third-order valence-electron chi connectivity index (χ3n) is 13.9. The van der Waals surface area contributed by atoms with Crippen LogP contribution in [0.3, 0.4) is 0 Å². The molecule has 0 fully saturated rings. The molecule has 4 heterocycles. The summed E-state index contributed by atoms with van der Waals surface area (Å²) in [7, 11) is 0. The topological polar surface area (TPSA) is 236 Å². The van der Waals surface area contributed by atoms with E-state index < -0.39 is 59.1 Å². The van der Waals surface area contributed by atoms with Crippen LogP contribution in [0.15, 0.2) is 65.5 Å². The Kier molecular flexibility index (Phi) is 12.8. The van der Waals surface area contributed by atoms with Gasteiger partial charge < -0.3 is 45.7 Å². The maximum absolute atomic E-state index is 14.0. The van der Waals surface area contributed by atoms with Crippen molar-refractivity contribution in [1.29, 1.82) is 0 Å². The van der Waals surface area contributed by atoms with Crippen LogP contribution in [0.2, 0.25) is 5.02 Å². The average Bonchev–Trinajstić information content (AvgIpc) is 3.87. The van der Waals surface area contributed by atoms with Crippen LogP contribution in [0, 0.1) is 6.92 Å². The number of aryl methyl sites for hydroxylation is 1. The number of carbonyl (C=O) groups is 6. The van der Waals surface area contributed by atoms with Gasteiger partial charge in [-0.2, -0.15) is 0 Å². The molecule has 17 nitrogen and oxygen atoms in total. The molecule has 0 bridgehead atoms. The lowest BCUT2D eigenvalue weighted by Crippen LogP contribution is -2.52. The minimum absolute atomic E-state index is 0.00716. The molecule has 6 N–H and O–H groups in total. The van der Waals surface area contributed by atoms with Crippen molar-refractivity contribution in [2.45, 2.75) is 103 Å². The second-order valence-corrected chi connectivity index (χ2v) is 18.5. The number of nitrogens with one attached hydrogen (secondary N) is 5. The molecule has 0 radical (unpaired) electrons. The van der Waals surface area contributed by atoms with Crippen LogP contribution in [0.25, 0.3) is 33.4 Å². The Bertz CT molecular complexity index is 3020. The van der Waals surface area contributed by atoms with Gasteiger partial charge in [-0.3, -0.25) is 24.0 Å². The summed E-state index contributed by atoms with van der Waals surface area (Å²) in [4.78, 5) is 96.3. The molecule has 4 aliphatic rings. The number of aliphatic hydroxyl groups is 1. The smallest absolute Gasteiger partial charge is 0.407 e. The van der Waals surface area contributed by atoms with Gasteiger partial charge in [-0.1, -0.05) is 67.1 Å². The first-order chi connectivity index (χ1) is 33.1. The van der Waals surface area contributed by atoms with Gasteiger partial charge in [0.05, 0.1) is 41.6 Å². The average molecular weight is 958 g/mol. The number of esters is 1. The van der Waals surface area contributed by atoms with E-state index in [0.717, 1.165) is 49.9 Å². The molecule has 9 rings (SSSR count). The summed E-state index contributed by atoms with van der Waals surface area (Å²) < 4.78 is 12.3. The lowest BCUT2D eigenvalue weighted by atomic mass is 9.81. The summed E-state index contributed by atoms with van der Waals surface area (Å²) in [5.41, 5.74) is 7.38. The molecule has 5 amide bonds. The van der Waals surface area contributed by atoms with Gasteiger partial charge in [-0.05, 0) is 97.5 Å².